The van der Waals surface area contributed by atoms with Gasteiger partial charge in [0.15, 0.2) is 0 Å². The van der Waals surface area contributed by atoms with Crippen molar-refractivity contribution < 1.29 is 13.2 Å². The van der Waals surface area contributed by atoms with E-state index in [0.29, 0.717) is 19.1 Å². The molecule has 0 spiro atoms. The Bertz CT molecular complexity index is 309. The zero-order chi connectivity index (χ0) is 13.4. The molecule has 5 nitrogen and oxygen atoms in total. The molecule has 0 radical (unpaired) electrons. The van der Waals surface area contributed by atoms with Gasteiger partial charge in [0, 0.05) is 19.2 Å². The fourth-order valence-corrected chi connectivity index (χ4v) is 3.23. The highest BCUT2D eigenvalue weighted by atomic mass is 32.2. The van der Waals surface area contributed by atoms with Crippen molar-refractivity contribution in [2.24, 2.45) is 0 Å². The van der Waals surface area contributed by atoms with E-state index in [0.717, 1.165) is 19.4 Å². The van der Waals surface area contributed by atoms with Crippen LogP contribution < -0.4 is 10.0 Å². The molecule has 1 unspecified atom stereocenters. The van der Waals surface area contributed by atoms with Gasteiger partial charge in [-0.2, -0.15) is 0 Å². The van der Waals surface area contributed by atoms with E-state index in [-0.39, 0.29) is 11.8 Å². The average Bonchev–Trinajstić information content (AvgIpc) is 3.08. The van der Waals surface area contributed by atoms with E-state index < -0.39 is 10.0 Å². The summed E-state index contributed by atoms with van der Waals surface area (Å²) < 4.78 is 31.5. The fourth-order valence-electron chi connectivity index (χ4n) is 1.89. The molecule has 0 aromatic carbocycles. The van der Waals surface area contributed by atoms with Crippen molar-refractivity contribution in [3.63, 3.8) is 0 Å². The van der Waals surface area contributed by atoms with Crippen LogP contribution in [0.5, 0.6) is 0 Å². The van der Waals surface area contributed by atoms with Crippen LogP contribution in [0.25, 0.3) is 0 Å². The normalized spacial score (nSPS) is 17.9. The van der Waals surface area contributed by atoms with E-state index in [1.165, 1.54) is 12.8 Å². The number of hydrogen-bond donors (Lipinski definition) is 2. The number of nitrogens with one attached hydrogen (secondary N) is 2. The van der Waals surface area contributed by atoms with Gasteiger partial charge in [0.05, 0.1) is 12.4 Å². The SMILES string of the molecule is CCCC(COC)NS(=O)(=O)CCCNC1CC1. The van der Waals surface area contributed by atoms with E-state index in [1.807, 2.05) is 6.92 Å². The minimum atomic E-state index is -3.17. The lowest BCUT2D eigenvalue weighted by atomic mass is 10.2. The summed E-state index contributed by atoms with van der Waals surface area (Å²) in [6, 6.07) is 0.545. The van der Waals surface area contributed by atoms with Crippen molar-refractivity contribution >= 4 is 10.0 Å². The predicted molar refractivity (Wildman–Crippen MR) is 73.1 cm³/mol. The summed E-state index contributed by atoms with van der Waals surface area (Å²) in [7, 11) is -1.58. The molecule has 0 heterocycles. The van der Waals surface area contributed by atoms with Crippen LogP contribution in [0.4, 0.5) is 0 Å². The Hall–Kier alpha value is -0.170. The summed E-state index contributed by atoms with van der Waals surface area (Å²) in [5.74, 6) is 0.191. The molecule has 0 aliphatic heterocycles. The number of methoxy groups -OCH3 is 1. The van der Waals surface area contributed by atoms with E-state index in [9.17, 15) is 8.42 Å². The van der Waals surface area contributed by atoms with Crippen LogP contribution in [-0.2, 0) is 14.8 Å². The lowest BCUT2D eigenvalue weighted by molar-refractivity contribution is 0.171. The smallest absolute Gasteiger partial charge is 0.211 e. The summed E-state index contributed by atoms with van der Waals surface area (Å²) in [5, 5.41) is 3.32. The van der Waals surface area contributed by atoms with Gasteiger partial charge in [0.1, 0.15) is 0 Å². The molecule has 1 atom stereocenters. The van der Waals surface area contributed by atoms with Crippen molar-refractivity contribution in [1.82, 2.24) is 10.0 Å². The number of ether oxygens (including phenoxy) is 1. The molecule has 18 heavy (non-hydrogen) atoms. The molecule has 0 bridgehead atoms. The summed E-state index contributed by atoms with van der Waals surface area (Å²) in [4.78, 5) is 0. The van der Waals surface area contributed by atoms with Gasteiger partial charge in [0.25, 0.3) is 0 Å². The molecule has 1 aliphatic rings. The molecule has 0 aromatic heterocycles. The molecular formula is C12H26N2O3S. The second kappa shape index (κ2) is 8.09. The van der Waals surface area contributed by atoms with Gasteiger partial charge in [0.2, 0.25) is 10.0 Å². The molecule has 1 aliphatic carbocycles. The molecule has 108 valence electrons. The molecular weight excluding hydrogens is 252 g/mol. The molecule has 0 amide bonds. The first-order valence-corrected chi connectivity index (χ1v) is 8.45. The Balaban J connectivity index is 2.21. The maximum absolute atomic E-state index is 11.9. The van der Waals surface area contributed by atoms with Gasteiger partial charge >= 0.3 is 0 Å². The summed E-state index contributed by atoms with van der Waals surface area (Å²) in [5.41, 5.74) is 0. The van der Waals surface area contributed by atoms with E-state index in [2.05, 4.69) is 10.0 Å². The van der Waals surface area contributed by atoms with E-state index in [4.69, 9.17) is 4.74 Å². The van der Waals surface area contributed by atoms with Crippen molar-refractivity contribution in [3.05, 3.63) is 0 Å². The monoisotopic (exact) mass is 278 g/mol. The Kier molecular flexibility index (Phi) is 7.14. The first-order valence-electron chi connectivity index (χ1n) is 6.79. The van der Waals surface area contributed by atoms with Crippen molar-refractivity contribution in [3.8, 4) is 0 Å². The van der Waals surface area contributed by atoms with Crippen molar-refractivity contribution in [2.75, 3.05) is 26.0 Å². The number of sulfonamides is 1. The summed E-state index contributed by atoms with van der Waals surface area (Å²) in [6.45, 7) is 3.26. The van der Waals surface area contributed by atoms with Crippen LogP contribution in [0, 0.1) is 0 Å². The molecule has 2 N–H and O–H groups in total. The minimum Gasteiger partial charge on any atom is -0.383 e. The first kappa shape index (κ1) is 15.9. The molecule has 1 saturated carbocycles. The number of hydrogen-bond acceptors (Lipinski definition) is 4. The largest absolute Gasteiger partial charge is 0.383 e. The standard InChI is InChI=1S/C12H26N2O3S/c1-3-5-12(10-17-2)14-18(15,16)9-4-8-13-11-6-7-11/h11-14H,3-10H2,1-2H3. The maximum atomic E-state index is 11.9. The Morgan fingerprint density at radius 2 is 2.11 bits per heavy atom. The third kappa shape index (κ3) is 7.31. The lowest BCUT2D eigenvalue weighted by Crippen LogP contribution is -2.39. The maximum Gasteiger partial charge on any atom is 0.211 e. The highest BCUT2D eigenvalue weighted by Crippen LogP contribution is 2.18. The van der Waals surface area contributed by atoms with E-state index in [1.54, 1.807) is 7.11 Å². The van der Waals surface area contributed by atoms with Gasteiger partial charge in [-0.25, -0.2) is 13.1 Å². The second-order valence-electron chi connectivity index (χ2n) is 4.96. The van der Waals surface area contributed by atoms with Crippen LogP contribution in [0.2, 0.25) is 0 Å². The van der Waals surface area contributed by atoms with Crippen LogP contribution in [-0.4, -0.2) is 46.5 Å². The average molecular weight is 278 g/mol. The second-order valence-corrected chi connectivity index (χ2v) is 6.83. The van der Waals surface area contributed by atoms with Gasteiger partial charge in [-0.05, 0) is 32.2 Å². The van der Waals surface area contributed by atoms with Crippen LogP contribution >= 0.6 is 0 Å². The predicted octanol–water partition coefficient (Wildman–Crippen LogP) is 0.863. The quantitative estimate of drug-likeness (QED) is 0.550. The number of rotatable bonds is 11. The van der Waals surface area contributed by atoms with Crippen molar-refractivity contribution in [1.29, 1.82) is 0 Å². The minimum absolute atomic E-state index is 0.0959. The Morgan fingerprint density at radius 3 is 2.67 bits per heavy atom. The molecule has 1 rings (SSSR count). The Labute approximate surface area is 111 Å². The lowest BCUT2D eigenvalue weighted by Gasteiger charge is -2.17. The topological polar surface area (TPSA) is 67.4 Å². The van der Waals surface area contributed by atoms with E-state index >= 15 is 0 Å². The third-order valence-corrected chi connectivity index (χ3v) is 4.47. The van der Waals surface area contributed by atoms with Crippen LogP contribution in [0.1, 0.15) is 39.0 Å². The fraction of sp³-hybridized carbons (Fsp3) is 1.00. The highest BCUT2D eigenvalue weighted by molar-refractivity contribution is 7.89. The van der Waals surface area contributed by atoms with Gasteiger partial charge in [-0.3, -0.25) is 0 Å². The summed E-state index contributed by atoms with van der Waals surface area (Å²) in [6.07, 6.45) is 4.89. The van der Waals surface area contributed by atoms with Crippen LogP contribution in [0.3, 0.4) is 0 Å². The van der Waals surface area contributed by atoms with Gasteiger partial charge < -0.3 is 10.1 Å². The molecule has 0 saturated heterocycles. The molecule has 0 aromatic rings. The third-order valence-electron chi connectivity index (χ3n) is 2.95. The first-order chi connectivity index (χ1) is 8.57. The van der Waals surface area contributed by atoms with Crippen molar-refractivity contribution in [2.45, 2.75) is 51.1 Å². The zero-order valence-corrected chi connectivity index (χ0v) is 12.3. The zero-order valence-electron chi connectivity index (χ0n) is 11.4. The molecule has 6 heteroatoms. The highest BCUT2D eigenvalue weighted by Gasteiger charge is 2.21. The Morgan fingerprint density at radius 1 is 1.39 bits per heavy atom. The summed E-state index contributed by atoms with van der Waals surface area (Å²) >= 11 is 0. The van der Waals surface area contributed by atoms with Gasteiger partial charge in [-0.15, -0.1) is 0 Å². The molecule has 1 fully saturated rings. The van der Waals surface area contributed by atoms with Gasteiger partial charge in [-0.1, -0.05) is 13.3 Å². The van der Waals surface area contributed by atoms with Crippen LogP contribution in [0.15, 0.2) is 0 Å².